The maximum absolute atomic E-state index is 10.2. The summed E-state index contributed by atoms with van der Waals surface area (Å²) in [6.45, 7) is 2.06. The van der Waals surface area contributed by atoms with Gasteiger partial charge >= 0.3 is 0 Å². The third-order valence-electron chi connectivity index (χ3n) is 2.97. The van der Waals surface area contributed by atoms with Gasteiger partial charge in [0.15, 0.2) is 0 Å². The number of aryl methyl sites for hydroxylation is 1. The molecule has 1 heterocycles. The smallest absolute Gasteiger partial charge is 0.0990 e. The molecule has 0 amide bonds. The maximum atomic E-state index is 10.2. The molecule has 1 saturated carbocycles. The molecule has 0 unspecified atom stereocenters. The number of hydrogen-bond donors (Lipinski definition) is 1. The fourth-order valence-corrected chi connectivity index (χ4v) is 3.13. The molecule has 0 atom stereocenters. The minimum absolute atomic E-state index is 0.436. The zero-order chi connectivity index (χ0) is 10.7. The summed E-state index contributed by atoms with van der Waals surface area (Å²) in [6.07, 6.45) is 6.04. The number of rotatable bonds is 3. The summed E-state index contributed by atoms with van der Waals surface area (Å²) in [6, 6.07) is 4.01. The lowest BCUT2D eigenvalue weighted by molar-refractivity contribution is 0.0732. The summed E-state index contributed by atoms with van der Waals surface area (Å²) in [5, 5.41) is 11.2. The van der Waals surface area contributed by atoms with Crippen LogP contribution in [0.3, 0.4) is 0 Å². The van der Waals surface area contributed by atoms with E-state index in [0.29, 0.717) is 0 Å². The van der Waals surface area contributed by atoms with E-state index >= 15 is 0 Å². The Morgan fingerprint density at radius 2 is 2.20 bits per heavy atom. The number of aliphatic hydroxyl groups is 1. The molecule has 15 heavy (non-hydrogen) atoms. The molecule has 0 spiro atoms. The Morgan fingerprint density at radius 3 is 2.87 bits per heavy atom. The Morgan fingerprint density at radius 1 is 1.47 bits per heavy atom. The fourth-order valence-electron chi connectivity index (χ4n) is 2.00. The minimum atomic E-state index is -0.436. The molecule has 0 radical (unpaired) electrons. The standard InChI is InChI=1S/C12H17NOS/c1-10-5-4-8-13-11(10)15-9-12(14)6-2-3-7-12/h4-5,8,14H,2-3,6-7,9H2,1H3. The second kappa shape index (κ2) is 4.54. The van der Waals surface area contributed by atoms with Crippen molar-refractivity contribution >= 4 is 11.8 Å². The molecule has 2 nitrogen and oxygen atoms in total. The molecule has 82 valence electrons. The second-order valence-electron chi connectivity index (χ2n) is 4.35. The first-order valence-electron chi connectivity index (χ1n) is 5.46. The average molecular weight is 223 g/mol. The highest BCUT2D eigenvalue weighted by atomic mass is 32.2. The highest BCUT2D eigenvalue weighted by molar-refractivity contribution is 7.99. The summed E-state index contributed by atoms with van der Waals surface area (Å²) in [7, 11) is 0. The number of pyridine rings is 1. The highest BCUT2D eigenvalue weighted by Gasteiger charge is 2.31. The van der Waals surface area contributed by atoms with Crippen LogP contribution in [0.5, 0.6) is 0 Å². The van der Waals surface area contributed by atoms with Crippen LogP contribution in [0.25, 0.3) is 0 Å². The van der Waals surface area contributed by atoms with E-state index in [0.717, 1.165) is 36.5 Å². The van der Waals surface area contributed by atoms with Gasteiger partial charge in [0.05, 0.1) is 10.6 Å². The van der Waals surface area contributed by atoms with Crippen LogP contribution in [0.2, 0.25) is 0 Å². The zero-order valence-electron chi connectivity index (χ0n) is 9.07. The van der Waals surface area contributed by atoms with Gasteiger partial charge in [-0.2, -0.15) is 0 Å². The van der Waals surface area contributed by atoms with Crippen molar-refractivity contribution in [1.82, 2.24) is 4.98 Å². The number of thioether (sulfide) groups is 1. The summed E-state index contributed by atoms with van der Waals surface area (Å²) in [5.74, 6) is 0.783. The summed E-state index contributed by atoms with van der Waals surface area (Å²) < 4.78 is 0. The number of hydrogen-bond acceptors (Lipinski definition) is 3. The van der Waals surface area contributed by atoms with E-state index in [-0.39, 0.29) is 0 Å². The van der Waals surface area contributed by atoms with Crippen LogP contribution in [0.15, 0.2) is 23.4 Å². The molecule has 1 aromatic rings. The largest absolute Gasteiger partial charge is 0.389 e. The molecule has 1 aromatic heterocycles. The maximum Gasteiger partial charge on any atom is 0.0990 e. The Bertz CT molecular complexity index is 334. The van der Waals surface area contributed by atoms with Crippen molar-refractivity contribution in [3.05, 3.63) is 23.9 Å². The number of nitrogens with zero attached hydrogens (tertiary/aromatic N) is 1. The number of aromatic nitrogens is 1. The highest BCUT2D eigenvalue weighted by Crippen LogP contribution is 2.34. The predicted molar refractivity (Wildman–Crippen MR) is 63.1 cm³/mol. The van der Waals surface area contributed by atoms with Gasteiger partial charge in [0.1, 0.15) is 0 Å². The van der Waals surface area contributed by atoms with Crippen molar-refractivity contribution in [3.8, 4) is 0 Å². The molecular formula is C12H17NOS. The first-order chi connectivity index (χ1) is 7.20. The predicted octanol–water partition coefficient (Wildman–Crippen LogP) is 2.79. The normalized spacial score (nSPS) is 19.3. The van der Waals surface area contributed by atoms with Gasteiger partial charge in [0.2, 0.25) is 0 Å². The second-order valence-corrected chi connectivity index (χ2v) is 5.31. The summed E-state index contributed by atoms with van der Waals surface area (Å²) in [5.41, 5.74) is 0.762. The average Bonchev–Trinajstić information content (AvgIpc) is 2.65. The SMILES string of the molecule is Cc1cccnc1SCC1(O)CCCC1. The third-order valence-corrected chi connectivity index (χ3v) is 4.36. The van der Waals surface area contributed by atoms with Crippen LogP contribution < -0.4 is 0 Å². The molecule has 0 bridgehead atoms. The van der Waals surface area contributed by atoms with Gasteiger partial charge in [-0.15, -0.1) is 11.8 Å². The van der Waals surface area contributed by atoms with Gasteiger partial charge in [-0.3, -0.25) is 0 Å². The Hall–Kier alpha value is -0.540. The molecule has 0 aliphatic heterocycles. The molecule has 1 aliphatic carbocycles. The first-order valence-corrected chi connectivity index (χ1v) is 6.45. The quantitative estimate of drug-likeness (QED) is 0.800. The molecule has 2 rings (SSSR count). The van der Waals surface area contributed by atoms with E-state index in [1.165, 1.54) is 5.56 Å². The van der Waals surface area contributed by atoms with Gasteiger partial charge in [0, 0.05) is 11.9 Å². The van der Waals surface area contributed by atoms with E-state index in [1.807, 2.05) is 12.3 Å². The van der Waals surface area contributed by atoms with Crippen molar-refractivity contribution in [2.45, 2.75) is 43.2 Å². The lowest BCUT2D eigenvalue weighted by Gasteiger charge is -2.21. The fraction of sp³-hybridized carbons (Fsp3) is 0.583. The van der Waals surface area contributed by atoms with Crippen molar-refractivity contribution in [2.75, 3.05) is 5.75 Å². The molecular weight excluding hydrogens is 206 g/mol. The van der Waals surface area contributed by atoms with E-state index in [1.54, 1.807) is 11.8 Å². The van der Waals surface area contributed by atoms with Crippen molar-refractivity contribution in [1.29, 1.82) is 0 Å². The van der Waals surface area contributed by atoms with Crippen LogP contribution in [0, 0.1) is 6.92 Å². The lowest BCUT2D eigenvalue weighted by Crippen LogP contribution is -2.27. The van der Waals surface area contributed by atoms with Crippen LogP contribution >= 0.6 is 11.8 Å². The van der Waals surface area contributed by atoms with Gasteiger partial charge in [-0.05, 0) is 31.4 Å². The van der Waals surface area contributed by atoms with Crippen LogP contribution in [0.4, 0.5) is 0 Å². The minimum Gasteiger partial charge on any atom is -0.389 e. The van der Waals surface area contributed by atoms with Gasteiger partial charge in [-0.1, -0.05) is 18.9 Å². The molecule has 1 aliphatic rings. The van der Waals surface area contributed by atoms with Crippen molar-refractivity contribution < 1.29 is 5.11 Å². The van der Waals surface area contributed by atoms with Gasteiger partial charge in [0.25, 0.3) is 0 Å². The monoisotopic (exact) mass is 223 g/mol. The summed E-state index contributed by atoms with van der Waals surface area (Å²) >= 11 is 1.68. The van der Waals surface area contributed by atoms with Crippen LogP contribution in [-0.2, 0) is 0 Å². The van der Waals surface area contributed by atoms with Crippen molar-refractivity contribution in [2.24, 2.45) is 0 Å². The zero-order valence-corrected chi connectivity index (χ0v) is 9.89. The molecule has 0 aromatic carbocycles. The van der Waals surface area contributed by atoms with Crippen LogP contribution in [-0.4, -0.2) is 21.4 Å². The van der Waals surface area contributed by atoms with E-state index in [9.17, 15) is 5.11 Å². The van der Waals surface area contributed by atoms with E-state index < -0.39 is 5.60 Å². The Labute approximate surface area is 95.1 Å². The topological polar surface area (TPSA) is 33.1 Å². The first kappa shape index (κ1) is 11.0. The van der Waals surface area contributed by atoms with E-state index in [2.05, 4.69) is 18.0 Å². The lowest BCUT2D eigenvalue weighted by atomic mass is 10.1. The van der Waals surface area contributed by atoms with Gasteiger partial charge < -0.3 is 5.11 Å². The molecule has 1 N–H and O–H groups in total. The van der Waals surface area contributed by atoms with Crippen molar-refractivity contribution in [3.63, 3.8) is 0 Å². The molecule has 1 fully saturated rings. The molecule has 0 saturated heterocycles. The van der Waals surface area contributed by atoms with Crippen LogP contribution in [0.1, 0.15) is 31.2 Å². The third kappa shape index (κ3) is 2.73. The van der Waals surface area contributed by atoms with Gasteiger partial charge in [-0.25, -0.2) is 4.98 Å². The Balaban J connectivity index is 1.95. The summed E-state index contributed by atoms with van der Waals surface area (Å²) in [4.78, 5) is 4.32. The van der Waals surface area contributed by atoms with E-state index in [4.69, 9.17) is 0 Å². The molecule has 3 heteroatoms. The Kier molecular flexibility index (Phi) is 3.32.